The first kappa shape index (κ1) is 14.1. The Morgan fingerprint density at radius 2 is 1.89 bits per heavy atom. The molecule has 1 heterocycles. The molecular weight excluding hydrogens is 300 g/mol. The van der Waals surface area contributed by atoms with Crippen molar-refractivity contribution in [2.45, 2.75) is 33.4 Å². The van der Waals surface area contributed by atoms with E-state index in [0.717, 1.165) is 16.8 Å². The summed E-state index contributed by atoms with van der Waals surface area (Å²) in [5.74, 6) is 1.06. The number of hydrogen-bond donors (Lipinski definition) is 0. The SMILES string of the molecule is Cc1cc(Br)cnc1N(Cc1ccccc1)C(C)C. The van der Waals surface area contributed by atoms with Gasteiger partial charge < -0.3 is 4.90 Å². The van der Waals surface area contributed by atoms with Gasteiger partial charge in [0.05, 0.1) is 0 Å². The Hall–Kier alpha value is -1.35. The van der Waals surface area contributed by atoms with Crippen LogP contribution in [0.4, 0.5) is 5.82 Å². The lowest BCUT2D eigenvalue weighted by Crippen LogP contribution is -2.31. The molecule has 1 aromatic heterocycles. The van der Waals surface area contributed by atoms with Crippen molar-refractivity contribution in [3.8, 4) is 0 Å². The first-order valence-electron chi connectivity index (χ1n) is 6.50. The minimum absolute atomic E-state index is 0.410. The van der Waals surface area contributed by atoms with Crippen LogP contribution in [0.5, 0.6) is 0 Å². The number of anilines is 1. The van der Waals surface area contributed by atoms with Gasteiger partial charge in [-0.05, 0) is 53.9 Å². The highest BCUT2D eigenvalue weighted by Gasteiger charge is 2.14. The van der Waals surface area contributed by atoms with Crippen molar-refractivity contribution in [3.63, 3.8) is 0 Å². The molecule has 2 rings (SSSR count). The van der Waals surface area contributed by atoms with E-state index in [-0.39, 0.29) is 0 Å². The molecular formula is C16H19BrN2. The summed E-state index contributed by atoms with van der Waals surface area (Å²) in [6.07, 6.45) is 1.86. The van der Waals surface area contributed by atoms with Crippen LogP contribution in [0, 0.1) is 6.92 Å². The maximum Gasteiger partial charge on any atom is 0.132 e. The molecule has 0 aliphatic carbocycles. The Morgan fingerprint density at radius 3 is 2.47 bits per heavy atom. The van der Waals surface area contributed by atoms with Crippen LogP contribution in [0.2, 0.25) is 0 Å². The zero-order valence-electron chi connectivity index (χ0n) is 11.6. The summed E-state index contributed by atoms with van der Waals surface area (Å²) in [7, 11) is 0. The van der Waals surface area contributed by atoms with Crippen LogP contribution in [0.1, 0.15) is 25.0 Å². The standard InChI is InChI=1S/C16H19BrN2/c1-12(2)19(11-14-7-5-4-6-8-14)16-13(3)9-15(17)10-18-16/h4-10,12H,11H2,1-3H3. The van der Waals surface area contributed by atoms with Gasteiger partial charge in [0.15, 0.2) is 0 Å². The number of benzene rings is 1. The van der Waals surface area contributed by atoms with E-state index in [1.54, 1.807) is 0 Å². The Balaban J connectivity index is 2.30. The second kappa shape index (κ2) is 6.20. The average Bonchev–Trinajstić information content (AvgIpc) is 2.38. The maximum absolute atomic E-state index is 4.57. The van der Waals surface area contributed by atoms with Crippen LogP contribution in [-0.4, -0.2) is 11.0 Å². The van der Waals surface area contributed by atoms with Crippen LogP contribution < -0.4 is 4.90 Å². The number of aromatic nitrogens is 1. The van der Waals surface area contributed by atoms with Gasteiger partial charge in [0.2, 0.25) is 0 Å². The lowest BCUT2D eigenvalue weighted by molar-refractivity contribution is 0.670. The van der Waals surface area contributed by atoms with Crippen LogP contribution in [0.25, 0.3) is 0 Å². The molecule has 0 bridgehead atoms. The molecule has 2 aromatic rings. The number of aryl methyl sites for hydroxylation is 1. The highest BCUT2D eigenvalue weighted by molar-refractivity contribution is 9.10. The minimum Gasteiger partial charge on any atom is -0.350 e. The number of nitrogens with zero attached hydrogens (tertiary/aromatic N) is 2. The van der Waals surface area contributed by atoms with Gasteiger partial charge in [0.25, 0.3) is 0 Å². The summed E-state index contributed by atoms with van der Waals surface area (Å²) in [4.78, 5) is 6.91. The Labute approximate surface area is 123 Å². The van der Waals surface area contributed by atoms with E-state index in [0.29, 0.717) is 6.04 Å². The molecule has 0 spiro atoms. The summed E-state index contributed by atoms with van der Waals surface area (Å²) >= 11 is 3.47. The fraction of sp³-hybridized carbons (Fsp3) is 0.312. The van der Waals surface area contributed by atoms with Gasteiger partial charge in [-0.2, -0.15) is 0 Å². The third kappa shape index (κ3) is 3.57. The Kier molecular flexibility index (Phi) is 4.59. The molecule has 0 aliphatic heterocycles. The van der Waals surface area contributed by atoms with Crippen molar-refractivity contribution in [3.05, 3.63) is 58.2 Å². The summed E-state index contributed by atoms with van der Waals surface area (Å²) in [6.45, 7) is 7.39. The third-order valence-corrected chi connectivity index (χ3v) is 3.54. The molecule has 0 unspecified atom stereocenters. The van der Waals surface area contributed by atoms with E-state index in [1.165, 1.54) is 11.1 Å². The Bertz CT molecular complexity index is 538. The topological polar surface area (TPSA) is 16.1 Å². The number of rotatable bonds is 4. The van der Waals surface area contributed by atoms with E-state index in [2.05, 4.69) is 76.9 Å². The highest BCUT2D eigenvalue weighted by Crippen LogP contribution is 2.24. The van der Waals surface area contributed by atoms with Crippen molar-refractivity contribution in [2.75, 3.05) is 4.90 Å². The minimum atomic E-state index is 0.410. The summed E-state index contributed by atoms with van der Waals surface area (Å²) < 4.78 is 1.03. The zero-order valence-corrected chi connectivity index (χ0v) is 13.2. The number of hydrogen-bond acceptors (Lipinski definition) is 2. The van der Waals surface area contributed by atoms with Gasteiger partial charge in [-0.15, -0.1) is 0 Å². The molecule has 0 fully saturated rings. The number of pyridine rings is 1. The molecule has 1 aromatic carbocycles. The van der Waals surface area contributed by atoms with E-state index in [4.69, 9.17) is 0 Å². The summed E-state index contributed by atoms with van der Waals surface area (Å²) in [5.41, 5.74) is 2.50. The predicted octanol–water partition coefficient (Wildman–Crippen LogP) is 4.57. The van der Waals surface area contributed by atoms with Crippen LogP contribution in [0.15, 0.2) is 47.1 Å². The van der Waals surface area contributed by atoms with Gasteiger partial charge in [-0.3, -0.25) is 0 Å². The normalized spacial score (nSPS) is 10.8. The Morgan fingerprint density at radius 1 is 1.21 bits per heavy atom. The van der Waals surface area contributed by atoms with Crippen molar-refractivity contribution in [1.82, 2.24) is 4.98 Å². The maximum atomic E-state index is 4.57. The summed E-state index contributed by atoms with van der Waals surface area (Å²) in [6, 6.07) is 13.0. The van der Waals surface area contributed by atoms with Crippen molar-refractivity contribution < 1.29 is 0 Å². The molecule has 0 saturated heterocycles. The van der Waals surface area contributed by atoms with E-state index < -0.39 is 0 Å². The van der Waals surface area contributed by atoms with E-state index >= 15 is 0 Å². The molecule has 0 atom stereocenters. The van der Waals surface area contributed by atoms with Crippen molar-refractivity contribution in [1.29, 1.82) is 0 Å². The first-order chi connectivity index (χ1) is 9.08. The molecule has 2 nitrogen and oxygen atoms in total. The second-order valence-corrected chi connectivity index (χ2v) is 5.92. The quantitative estimate of drug-likeness (QED) is 0.821. The molecule has 0 amide bonds. The second-order valence-electron chi connectivity index (χ2n) is 5.00. The fourth-order valence-electron chi connectivity index (χ4n) is 2.12. The van der Waals surface area contributed by atoms with Gasteiger partial charge in [-0.25, -0.2) is 4.98 Å². The average molecular weight is 319 g/mol. The molecule has 0 N–H and O–H groups in total. The van der Waals surface area contributed by atoms with Gasteiger partial charge in [0.1, 0.15) is 5.82 Å². The largest absolute Gasteiger partial charge is 0.350 e. The van der Waals surface area contributed by atoms with Crippen LogP contribution in [-0.2, 0) is 6.54 Å². The predicted molar refractivity (Wildman–Crippen MR) is 84.4 cm³/mol. The third-order valence-electron chi connectivity index (χ3n) is 3.11. The van der Waals surface area contributed by atoms with Gasteiger partial charge in [-0.1, -0.05) is 30.3 Å². The van der Waals surface area contributed by atoms with Crippen molar-refractivity contribution >= 4 is 21.7 Å². The molecule has 0 radical (unpaired) electrons. The molecule has 100 valence electrons. The van der Waals surface area contributed by atoms with E-state index in [9.17, 15) is 0 Å². The molecule has 0 aliphatic rings. The molecule has 19 heavy (non-hydrogen) atoms. The molecule has 3 heteroatoms. The van der Waals surface area contributed by atoms with E-state index in [1.807, 2.05) is 12.3 Å². The zero-order chi connectivity index (χ0) is 13.8. The molecule has 0 saturated carbocycles. The first-order valence-corrected chi connectivity index (χ1v) is 7.30. The van der Waals surface area contributed by atoms with Crippen LogP contribution >= 0.6 is 15.9 Å². The fourth-order valence-corrected chi connectivity index (χ4v) is 2.56. The highest BCUT2D eigenvalue weighted by atomic mass is 79.9. The number of halogens is 1. The van der Waals surface area contributed by atoms with Gasteiger partial charge >= 0.3 is 0 Å². The van der Waals surface area contributed by atoms with Crippen molar-refractivity contribution in [2.24, 2.45) is 0 Å². The van der Waals surface area contributed by atoms with Crippen LogP contribution in [0.3, 0.4) is 0 Å². The lowest BCUT2D eigenvalue weighted by atomic mass is 10.1. The van der Waals surface area contributed by atoms with Gasteiger partial charge in [0, 0.05) is 23.3 Å². The summed E-state index contributed by atoms with van der Waals surface area (Å²) in [5, 5.41) is 0. The smallest absolute Gasteiger partial charge is 0.132 e. The lowest BCUT2D eigenvalue weighted by Gasteiger charge is -2.29. The monoisotopic (exact) mass is 318 g/mol.